The summed E-state index contributed by atoms with van der Waals surface area (Å²) in [4.78, 5) is 0. The molecule has 3 unspecified atom stereocenters. The Labute approximate surface area is 130 Å². The Kier molecular flexibility index (Phi) is 3.97. The van der Waals surface area contributed by atoms with Gasteiger partial charge in [0.1, 0.15) is 0 Å². The number of hydrogen-bond donors (Lipinski definition) is 1. The summed E-state index contributed by atoms with van der Waals surface area (Å²) in [6.07, 6.45) is 7.92. The molecule has 0 radical (unpaired) electrons. The highest BCUT2D eigenvalue weighted by atomic mass is 79.9. The summed E-state index contributed by atoms with van der Waals surface area (Å²) in [5.74, 6) is 1.89. The van der Waals surface area contributed by atoms with Gasteiger partial charge in [-0.25, -0.2) is 0 Å². The maximum absolute atomic E-state index is 4.67. The highest BCUT2D eigenvalue weighted by Gasteiger charge is 2.50. The lowest BCUT2D eigenvalue weighted by Crippen LogP contribution is -2.39. The van der Waals surface area contributed by atoms with Gasteiger partial charge in [-0.1, -0.05) is 13.3 Å². The first-order valence-electron chi connectivity index (χ1n) is 7.94. The van der Waals surface area contributed by atoms with Crippen LogP contribution in [0.1, 0.15) is 44.0 Å². The molecule has 0 spiro atoms. The molecular formula is C16H26BrN3. The summed E-state index contributed by atoms with van der Waals surface area (Å²) in [6, 6.07) is 0. The molecule has 0 amide bonds. The Hall–Kier alpha value is -0.350. The number of rotatable bonds is 5. The zero-order chi connectivity index (χ0) is 14.3. The minimum Gasteiger partial charge on any atom is -0.319 e. The maximum atomic E-state index is 4.67. The van der Waals surface area contributed by atoms with E-state index in [2.05, 4.69) is 52.0 Å². The van der Waals surface area contributed by atoms with Crippen molar-refractivity contribution < 1.29 is 0 Å². The molecule has 4 heteroatoms. The second kappa shape index (κ2) is 5.45. The van der Waals surface area contributed by atoms with Gasteiger partial charge in [-0.3, -0.25) is 4.68 Å². The minimum atomic E-state index is 0.457. The number of fused-ring (bicyclic) bond motifs is 2. The summed E-state index contributed by atoms with van der Waals surface area (Å²) >= 11 is 3.79. The Balaban J connectivity index is 1.90. The second-order valence-corrected chi connectivity index (χ2v) is 7.63. The lowest BCUT2D eigenvalue weighted by atomic mass is 9.70. The number of nitrogens with zero attached hydrogens (tertiary/aromatic N) is 2. The Bertz CT molecular complexity index is 496. The molecule has 2 saturated carbocycles. The summed E-state index contributed by atoms with van der Waals surface area (Å²) in [5.41, 5.74) is 3.05. The average Bonchev–Trinajstić information content (AvgIpc) is 3.08. The van der Waals surface area contributed by atoms with Crippen LogP contribution in [0.5, 0.6) is 0 Å². The van der Waals surface area contributed by atoms with E-state index in [-0.39, 0.29) is 0 Å². The smallest absolute Gasteiger partial charge is 0.0766 e. The van der Waals surface area contributed by atoms with Crippen LogP contribution in [0.4, 0.5) is 0 Å². The topological polar surface area (TPSA) is 29.9 Å². The monoisotopic (exact) mass is 339 g/mol. The maximum Gasteiger partial charge on any atom is 0.0766 e. The molecule has 2 aliphatic rings. The van der Waals surface area contributed by atoms with Crippen LogP contribution >= 0.6 is 15.9 Å². The van der Waals surface area contributed by atoms with Gasteiger partial charge in [0.15, 0.2) is 0 Å². The van der Waals surface area contributed by atoms with Gasteiger partial charge in [0, 0.05) is 13.6 Å². The van der Waals surface area contributed by atoms with Gasteiger partial charge < -0.3 is 5.32 Å². The van der Waals surface area contributed by atoms with Crippen molar-refractivity contribution in [3.8, 4) is 0 Å². The van der Waals surface area contributed by atoms with E-state index >= 15 is 0 Å². The molecule has 112 valence electrons. The molecule has 1 heterocycles. The van der Waals surface area contributed by atoms with E-state index in [9.17, 15) is 0 Å². The van der Waals surface area contributed by atoms with E-state index in [1.165, 1.54) is 48.0 Å². The summed E-state index contributed by atoms with van der Waals surface area (Å²) < 4.78 is 3.35. The van der Waals surface area contributed by atoms with Gasteiger partial charge in [0.25, 0.3) is 0 Å². The molecule has 3 nitrogen and oxygen atoms in total. The van der Waals surface area contributed by atoms with Crippen molar-refractivity contribution in [2.75, 3.05) is 13.6 Å². The normalized spacial score (nSPS) is 32.2. The fraction of sp³-hybridized carbons (Fsp3) is 0.812. The van der Waals surface area contributed by atoms with Crippen molar-refractivity contribution in [2.24, 2.45) is 24.3 Å². The van der Waals surface area contributed by atoms with E-state index in [1.54, 1.807) is 0 Å². The first-order valence-corrected chi connectivity index (χ1v) is 8.73. The molecule has 1 N–H and O–H groups in total. The molecule has 0 aliphatic heterocycles. The second-order valence-electron chi connectivity index (χ2n) is 6.83. The highest BCUT2D eigenvalue weighted by Crippen LogP contribution is 2.57. The third kappa shape index (κ3) is 2.25. The molecular weight excluding hydrogens is 314 g/mol. The molecule has 2 bridgehead atoms. The first-order chi connectivity index (χ1) is 9.59. The number of aryl methyl sites for hydroxylation is 2. The van der Waals surface area contributed by atoms with Crippen molar-refractivity contribution >= 4 is 15.9 Å². The van der Waals surface area contributed by atoms with E-state index in [0.717, 1.165) is 24.8 Å². The van der Waals surface area contributed by atoms with Crippen molar-refractivity contribution in [1.29, 1.82) is 0 Å². The van der Waals surface area contributed by atoms with Gasteiger partial charge in [-0.15, -0.1) is 0 Å². The van der Waals surface area contributed by atoms with E-state index in [4.69, 9.17) is 0 Å². The van der Waals surface area contributed by atoms with Crippen LogP contribution in [0.2, 0.25) is 0 Å². The van der Waals surface area contributed by atoms with Gasteiger partial charge in [0.2, 0.25) is 0 Å². The van der Waals surface area contributed by atoms with Crippen molar-refractivity contribution in [2.45, 2.75) is 45.4 Å². The molecule has 1 aromatic rings. The highest BCUT2D eigenvalue weighted by molar-refractivity contribution is 9.10. The number of hydrogen-bond acceptors (Lipinski definition) is 2. The predicted octanol–water partition coefficient (Wildman–Crippen LogP) is 3.31. The zero-order valence-electron chi connectivity index (χ0n) is 12.9. The van der Waals surface area contributed by atoms with Gasteiger partial charge in [-0.2, -0.15) is 5.10 Å². The molecule has 3 rings (SSSR count). The average molecular weight is 340 g/mol. The third-order valence-electron chi connectivity index (χ3n) is 5.65. The fourth-order valence-corrected chi connectivity index (χ4v) is 5.51. The summed E-state index contributed by atoms with van der Waals surface area (Å²) in [6.45, 7) is 3.32. The molecule has 20 heavy (non-hydrogen) atoms. The van der Waals surface area contributed by atoms with Crippen LogP contribution in [0.15, 0.2) is 4.47 Å². The van der Waals surface area contributed by atoms with Crippen molar-refractivity contribution in [3.05, 3.63) is 15.9 Å². The largest absolute Gasteiger partial charge is 0.319 e. The lowest BCUT2D eigenvalue weighted by Gasteiger charge is -2.38. The summed E-state index contributed by atoms with van der Waals surface area (Å²) in [7, 11) is 4.20. The first kappa shape index (κ1) is 14.6. The third-order valence-corrected chi connectivity index (χ3v) is 6.57. The molecule has 0 saturated heterocycles. The van der Waals surface area contributed by atoms with Gasteiger partial charge in [0.05, 0.1) is 15.9 Å². The standard InChI is InChI=1S/C16H26BrN3/c1-4-13-15(17)14(20(3)19-13)9-16(10-18-2)8-11-5-6-12(16)7-11/h11-12,18H,4-10H2,1-3H3. The van der Waals surface area contributed by atoms with Crippen molar-refractivity contribution in [3.63, 3.8) is 0 Å². The molecule has 2 aliphatic carbocycles. The molecule has 1 aromatic heterocycles. The number of nitrogens with one attached hydrogen (secondary N) is 1. The molecule has 3 atom stereocenters. The van der Waals surface area contributed by atoms with Crippen LogP contribution in [-0.4, -0.2) is 23.4 Å². The SMILES string of the molecule is CCc1nn(C)c(CC2(CNC)CC3CCC2C3)c1Br. The van der Waals surface area contributed by atoms with Crippen LogP contribution in [-0.2, 0) is 19.9 Å². The van der Waals surface area contributed by atoms with Gasteiger partial charge >= 0.3 is 0 Å². The number of aromatic nitrogens is 2. The molecule has 0 aromatic carbocycles. The van der Waals surface area contributed by atoms with E-state index < -0.39 is 0 Å². The lowest BCUT2D eigenvalue weighted by molar-refractivity contribution is 0.156. The Morgan fingerprint density at radius 3 is 2.75 bits per heavy atom. The van der Waals surface area contributed by atoms with Crippen LogP contribution < -0.4 is 5.32 Å². The van der Waals surface area contributed by atoms with Gasteiger partial charge in [-0.05, 0) is 72.3 Å². The quantitative estimate of drug-likeness (QED) is 0.891. The van der Waals surface area contributed by atoms with E-state index in [1.807, 2.05) is 0 Å². The van der Waals surface area contributed by atoms with E-state index in [0.29, 0.717) is 5.41 Å². The zero-order valence-corrected chi connectivity index (χ0v) is 14.5. The number of halogens is 1. The predicted molar refractivity (Wildman–Crippen MR) is 85.8 cm³/mol. The fourth-order valence-electron chi connectivity index (χ4n) is 4.75. The summed E-state index contributed by atoms with van der Waals surface area (Å²) in [5, 5.41) is 8.14. The van der Waals surface area contributed by atoms with Crippen LogP contribution in [0.3, 0.4) is 0 Å². The minimum absolute atomic E-state index is 0.457. The molecule has 2 fully saturated rings. The van der Waals surface area contributed by atoms with Crippen LogP contribution in [0.25, 0.3) is 0 Å². The Morgan fingerprint density at radius 2 is 2.25 bits per heavy atom. The Morgan fingerprint density at radius 1 is 1.45 bits per heavy atom. The van der Waals surface area contributed by atoms with Crippen LogP contribution in [0, 0.1) is 17.3 Å². The van der Waals surface area contributed by atoms with Crippen molar-refractivity contribution in [1.82, 2.24) is 15.1 Å².